The van der Waals surface area contributed by atoms with Gasteiger partial charge in [0.2, 0.25) is 0 Å². The number of benzene rings is 1. The van der Waals surface area contributed by atoms with Gasteiger partial charge in [0.25, 0.3) is 0 Å². The van der Waals surface area contributed by atoms with E-state index in [1.807, 2.05) is 39.0 Å². The molecule has 2 nitrogen and oxygen atoms in total. The predicted octanol–water partition coefficient (Wildman–Crippen LogP) is 3.03. The minimum atomic E-state index is 0.709. The first-order valence-electron chi connectivity index (χ1n) is 4.91. The molecule has 1 aromatic carbocycles. The van der Waals surface area contributed by atoms with Gasteiger partial charge in [-0.3, -0.25) is 4.98 Å². The van der Waals surface area contributed by atoms with Crippen LogP contribution in [0.25, 0.3) is 10.9 Å². The number of nitrogens with zero attached hydrogens (tertiary/aromatic N) is 2. The third-order valence-electron chi connectivity index (χ3n) is 2.93. The van der Waals surface area contributed by atoms with Crippen molar-refractivity contribution in [3.63, 3.8) is 0 Å². The molecule has 2 heteroatoms. The lowest BCUT2D eigenvalue weighted by Crippen LogP contribution is -1.95. The molecule has 0 saturated carbocycles. The maximum absolute atomic E-state index is 9.04. The number of hydrogen-bond acceptors (Lipinski definition) is 2. The summed E-state index contributed by atoms with van der Waals surface area (Å²) in [6.45, 7) is 6.10. The molecule has 0 aliphatic rings. The number of fused-ring (bicyclic) bond motifs is 1. The molecular formula is C13H12N2. The maximum atomic E-state index is 9.04. The quantitative estimate of drug-likeness (QED) is 0.649. The van der Waals surface area contributed by atoms with Crippen molar-refractivity contribution in [3.8, 4) is 6.07 Å². The van der Waals surface area contributed by atoms with Gasteiger partial charge in [-0.05, 0) is 44.0 Å². The highest BCUT2D eigenvalue weighted by Crippen LogP contribution is 2.24. The monoisotopic (exact) mass is 196 g/mol. The summed E-state index contributed by atoms with van der Waals surface area (Å²) < 4.78 is 0. The number of rotatable bonds is 0. The SMILES string of the molecule is Cc1nc2cccc(C#N)c2c(C)c1C. The summed E-state index contributed by atoms with van der Waals surface area (Å²) in [7, 11) is 0. The van der Waals surface area contributed by atoms with Crippen LogP contribution < -0.4 is 0 Å². The zero-order valence-corrected chi connectivity index (χ0v) is 9.13. The molecule has 0 fully saturated rings. The van der Waals surface area contributed by atoms with E-state index >= 15 is 0 Å². The summed E-state index contributed by atoms with van der Waals surface area (Å²) in [5.41, 5.74) is 4.99. The highest BCUT2D eigenvalue weighted by atomic mass is 14.7. The molecule has 2 aromatic rings. The maximum Gasteiger partial charge on any atom is 0.0998 e. The predicted molar refractivity (Wildman–Crippen MR) is 60.7 cm³/mol. The van der Waals surface area contributed by atoms with Crippen molar-refractivity contribution in [1.29, 1.82) is 5.26 Å². The van der Waals surface area contributed by atoms with Crippen molar-refractivity contribution >= 4 is 10.9 Å². The molecule has 0 atom stereocenters. The third-order valence-corrected chi connectivity index (χ3v) is 2.93. The van der Waals surface area contributed by atoms with E-state index in [1.54, 1.807) is 0 Å². The Morgan fingerprint density at radius 2 is 1.87 bits per heavy atom. The second kappa shape index (κ2) is 3.36. The van der Waals surface area contributed by atoms with Crippen LogP contribution in [0.3, 0.4) is 0 Å². The van der Waals surface area contributed by atoms with Crippen molar-refractivity contribution in [1.82, 2.24) is 4.98 Å². The Balaban J connectivity index is 3.01. The normalized spacial score (nSPS) is 10.3. The van der Waals surface area contributed by atoms with Crippen LogP contribution in [0, 0.1) is 32.1 Å². The van der Waals surface area contributed by atoms with E-state index < -0.39 is 0 Å². The molecule has 1 heterocycles. The van der Waals surface area contributed by atoms with E-state index in [0.717, 1.165) is 22.2 Å². The van der Waals surface area contributed by atoms with Gasteiger partial charge in [-0.2, -0.15) is 5.26 Å². The summed E-state index contributed by atoms with van der Waals surface area (Å²) in [5.74, 6) is 0. The van der Waals surface area contributed by atoms with Crippen LogP contribution in [-0.2, 0) is 0 Å². The highest BCUT2D eigenvalue weighted by molar-refractivity contribution is 5.88. The lowest BCUT2D eigenvalue weighted by Gasteiger charge is -2.09. The topological polar surface area (TPSA) is 36.7 Å². The van der Waals surface area contributed by atoms with Crippen molar-refractivity contribution in [2.24, 2.45) is 0 Å². The number of hydrogen-bond donors (Lipinski definition) is 0. The molecule has 74 valence electrons. The van der Waals surface area contributed by atoms with Gasteiger partial charge in [0, 0.05) is 11.1 Å². The molecule has 0 radical (unpaired) electrons. The fourth-order valence-electron chi connectivity index (χ4n) is 1.84. The van der Waals surface area contributed by atoms with E-state index in [2.05, 4.69) is 11.1 Å². The van der Waals surface area contributed by atoms with Crippen LogP contribution in [0.5, 0.6) is 0 Å². The van der Waals surface area contributed by atoms with Gasteiger partial charge >= 0.3 is 0 Å². The van der Waals surface area contributed by atoms with Crippen LogP contribution in [0.2, 0.25) is 0 Å². The Bertz CT molecular complexity index is 577. The molecule has 2 rings (SSSR count). The molecule has 1 aromatic heterocycles. The second-order valence-electron chi connectivity index (χ2n) is 3.76. The molecule has 0 N–H and O–H groups in total. The lowest BCUT2D eigenvalue weighted by atomic mass is 9.99. The van der Waals surface area contributed by atoms with E-state index in [1.165, 1.54) is 5.56 Å². The van der Waals surface area contributed by atoms with Gasteiger partial charge in [0.05, 0.1) is 17.1 Å². The largest absolute Gasteiger partial charge is 0.253 e. The number of aromatic nitrogens is 1. The van der Waals surface area contributed by atoms with Crippen LogP contribution in [0.15, 0.2) is 18.2 Å². The average Bonchev–Trinajstić information content (AvgIpc) is 2.25. The Kier molecular flexibility index (Phi) is 2.17. The zero-order chi connectivity index (χ0) is 11.0. The molecule has 0 spiro atoms. The first-order chi connectivity index (χ1) is 7.15. The first-order valence-corrected chi connectivity index (χ1v) is 4.91. The molecule has 0 amide bonds. The fraction of sp³-hybridized carbons (Fsp3) is 0.231. The number of nitriles is 1. The van der Waals surface area contributed by atoms with E-state index in [0.29, 0.717) is 5.56 Å². The Labute approximate surface area is 89.2 Å². The Morgan fingerprint density at radius 3 is 2.53 bits per heavy atom. The smallest absolute Gasteiger partial charge is 0.0998 e. The van der Waals surface area contributed by atoms with E-state index in [-0.39, 0.29) is 0 Å². The van der Waals surface area contributed by atoms with E-state index in [4.69, 9.17) is 5.26 Å². The highest BCUT2D eigenvalue weighted by Gasteiger charge is 2.08. The minimum absolute atomic E-state index is 0.709. The van der Waals surface area contributed by atoms with Crippen LogP contribution in [0.1, 0.15) is 22.4 Å². The molecule has 0 saturated heterocycles. The third kappa shape index (κ3) is 1.37. The molecule has 15 heavy (non-hydrogen) atoms. The standard InChI is InChI=1S/C13H12N2/c1-8-9(2)13-11(7-14)5-4-6-12(13)15-10(8)3/h4-6H,1-3H3. The summed E-state index contributed by atoms with van der Waals surface area (Å²) in [6.07, 6.45) is 0. The fourth-order valence-corrected chi connectivity index (χ4v) is 1.84. The molecular weight excluding hydrogens is 184 g/mol. The average molecular weight is 196 g/mol. The van der Waals surface area contributed by atoms with Crippen LogP contribution >= 0.6 is 0 Å². The second-order valence-corrected chi connectivity index (χ2v) is 3.76. The van der Waals surface area contributed by atoms with Crippen molar-refractivity contribution in [2.45, 2.75) is 20.8 Å². The van der Waals surface area contributed by atoms with E-state index in [9.17, 15) is 0 Å². The Morgan fingerprint density at radius 1 is 1.13 bits per heavy atom. The van der Waals surface area contributed by atoms with Gasteiger partial charge in [0.1, 0.15) is 0 Å². The van der Waals surface area contributed by atoms with Gasteiger partial charge in [-0.15, -0.1) is 0 Å². The van der Waals surface area contributed by atoms with Crippen molar-refractivity contribution < 1.29 is 0 Å². The first kappa shape index (κ1) is 9.67. The van der Waals surface area contributed by atoms with Crippen molar-refractivity contribution in [3.05, 3.63) is 40.6 Å². The summed E-state index contributed by atoms with van der Waals surface area (Å²) in [6, 6.07) is 7.89. The lowest BCUT2D eigenvalue weighted by molar-refractivity contribution is 1.17. The summed E-state index contributed by atoms with van der Waals surface area (Å²) in [4.78, 5) is 4.49. The van der Waals surface area contributed by atoms with Crippen LogP contribution in [-0.4, -0.2) is 4.98 Å². The molecule has 0 bridgehead atoms. The van der Waals surface area contributed by atoms with Crippen LogP contribution in [0.4, 0.5) is 0 Å². The summed E-state index contributed by atoms with van der Waals surface area (Å²) >= 11 is 0. The number of aryl methyl sites for hydroxylation is 2. The molecule has 0 aliphatic carbocycles. The van der Waals surface area contributed by atoms with Gasteiger partial charge in [-0.25, -0.2) is 0 Å². The Hall–Kier alpha value is -1.88. The molecule has 0 aliphatic heterocycles. The van der Waals surface area contributed by atoms with Gasteiger partial charge in [0.15, 0.2) is 0 Å². The van der Waals surface area contributed by atoms with Gasteiger partial charge in [-0.1, -0.05) is 6.07 Å². The number of pyridine rings is 1. The van der Waals surface area contributed by atoms with Crippen molar-refractivity contribution in [2.75, 3.05) is 0 Å². The van der Waals surface area contributed by atoms with Gasteiger partial charge < -0.3 is 0 Å². The molecule has 0 unspecified atom stereocenters. The summed E-state index contributed by atoms with van der Waals surface area (Å²) in [5, 5.41) is 10.0. The zero-order valence-electron chi connectivity index (χ0n) is 9.13. The minimum Gasteiger partial charge on any atom is -0.253 e.